The first-order valence-electron chi connectivity index (χ1n) is 8.32. The van der Waals surface area contributed by atoms with Crippen molar-refractivity contribution in [1.82, 2.24) is 15.2 Å². The predicted octanol–water partition coefficient (Wildman–Crippen LogP) is 4.90. The Bertz CT molecular complexity index is 895. The Kier molecular flexibility index (Phi) is 4.65. The molecule has 2 aromatic carbocycles. The maximum absolute atomic E-state index is 4.54. The molecule has 0 radical (unpaired) electrons. The zero-order valence-electron chi connectivity index (χ0n) is 15.3. The van der Waals surface area contributed by atoms with Crippen molar-refractivity contribution in [1.29, 1.82) is 0 Å². The number of hydrogen-bond donors (Lipinski definition) is 2. The second kappa shape index (κ2) is 6.89. The van der Waals surface area contributed by atoms with Gasteiger partial charge in [-0.1, -0.05) is 29.8 Å². The van der Waals surface area contributed by atoms with Gasteiger partial charge in [0.15, 0.2) is 5.82 Å². The molecular formula is C20H23N5. The molecule has 0 bridgehead atoms. The van der Waals surface area contributed by atoms with Crippen LogP contribution < -0.4 is 10.6 Å². The second-order valence-electron chi connectivity index (χ2n) is 6.44. The van der Waals surface area contributed by atoms with Crippen LogP contribution in [0.4, 0.5) is 23.1 Å². The van der Waals surface area contributed by atoms with Crippen molar-refractivity contribution >= 4 is 23.1 Å². The van der Waals surface area contributed by atoms with Crippen LogP contribution in [-0.2, 0) is 0 Å². The molecule has 0 atom stereocenters. The highest BCUT2D eigenvalue weighted by Gasteiger charge is 2.08. The molecule has 2 N–H and O–H groups in total. The molecule has 0 aliphatic rings. The number of benzene rings is 2. The third-order valence-corrected chi connectivity index (χ3v) is 4.34. The van der Waals surface area contributed by atoms with Crippen LogP contribution in [0.3, 0.4) is 0 Å². The van der Waals surface area contributed by atoms with Crippen LogP contribution in [0.2, 0.25) is 0 Å². The summed E-state index contributed by atoms with van der Waals surface area (Å²) in [6, 6.07) is 10.4. The molecule has 0 saturated heterocycles. The molecule has 5 heteroatoms. The topological polar surface area (TPSA) is 62.7 Å². The number of aryl methyl sites for hydroxylation is 4. The summed E-state index contributed by atoms with van der Waals surface area (Å²) in [6.07, 6.45) is 1.63. The van der Waals surface area contributed by atoms with E-state index in [9.17, 15) is 0 Å². The van der Waals surface area contributed by atoms with Crippen molar-refractivity contribution in [2.45, 2.75) is 34.6 Å². The first-order valence-corrected chi connectivity index (χ1v) is 8.32. The third-order valence-electron chi connectivity index (χ3n) is 4.34. The van der Waals surface area contributed by atoms with E-state index in [0.29, 0.717) is 11.8 Å². The summed E-state index contributed by atoms with van der Waals surface area (Å²) >= 11 is 0. The van der Waals surface area contributed by atoms with E-state index in [4.69, 9.17) is 0 Å². The van der Waals surface area contributed by atoms with Crippen LogP contribution in [0, 0.1) is 34.6 Å². The first-order chi connectivity index (χ1) is 11.9. The van der Waals surface area contributed by atoms with E-state index in [1.165, 1.54) is 27.8 Å². The maximum atomic E-state index is 4.54. The summed E-state index contributed by atoms with van der Waals surface area (Å²) in [5, 5.41) is 14.8. The molecule has 128 valence electrons. The SMILES string of the molecule is Cc1cc(C)c(Nc2cnnc(Nc3cccc(C)c3C)n2)c(C)c1. The quantitative estimate of drug-likeness (QED) is 0.711. The van der Waals surface area contributed by atoms with Crippen molar-refractivity contribution in [2.75, 3.05) is 10.6 Å². The summed E-state index contributed by atoms with van der Waals surface area (Å²) in [7, 11) is 0. The Morgan fingerprint density at radius 3 is 2.28 bits per heavy atom. The smallest absolute Gasteiger partial charge is 0.249 e. The van der Waals surface area contributed by atoms with E-state index in [0.717, 1.165) is 11.4 Å². The van der Waals surface area contributed by atoms with Gasteiger partial charge < -0.3 is 10.6 Å². The molecule has 25 heavy (non-hydrogen) atoms. The van der Waals surface area contributed by atoms with Crippen LogP contribution in [0.1, 0.15) is 27.8 Å². The van der Waals surface area contributed by atoms with Gasteiger partial charge in [-0.05, 0) is 62.9 Å². The van der Waals surface area contributed by atoms with Gasteiger partial charge in [0.05, 0.1) is 6.20 Å². The van der Waals surface area contributed by atoms with Gasteiger partial charge in [-0.25, -0.2) is 0 Å². The lowest BCUT2D eigenvalue weighted by molar-refractivity contribution is 0.981. The standard InChI is InChI=1S/C20H23N5/c1-12-9-14(3)19(15(4)10-12)23-18-11-21-25-20(24-18)22-17-8-6-7-13(2)16(17)5/h6-11H,1-5H3,(H2,22,23,24,25). The van der Waals surface area contributed by atoms with Gasteiger partial charge in [0, 0.05) is 11.4 Å². The van der Waals surface area contributed by atoms with Crippen LogP contribution in [0.5, 0.6) is 0 Å². The lowest BCUT2D eigenvalue weighted by atomic mass is 10.1. The van der Waals surface area contributed by atoms with Crippen LogP contribution in [0.15, 0.2) is 36.5 Å². The molecule has 0 unspecified atom stereocenters. The van der Waals surface area contributed by atoms with E-state index in [1.807, 2.05) is 12.1 Å². The molecule has 5 nitrogen and oxygen atoms in total. The molecule has 0 spiro atoms. The summed E-state index contributed by atoms with van der Waals surface area (Å²) in [6.45, 7) is 10.4. The van der Waals surface area contributed by atoms with Gasteiger partial charge in [0.2, 0.25) is 5.95 Å². The number of anilines is 4. The van der Waals surface area contributed by atoms with Crippen molar-refractivity contribution < 1.29 is 0 Å². The molecule has 3 rings (SSSR count). The molecule has 3 aromatic rings. The summed E-state index contributed by atoms with van der Waals surface area (Å²) in [4.78, 5) is 4.54. The van der Waals surface area contributed by atoms with Crippen LogP contribution >= 0.6 is 0 Å². The number of aromatic nitrogens is 3. The minimum Gasteiger partial charge on any atom is -0.338 e. The Morgan fingerprint density at radius 2 is 1.56 bits per heavy atom. The largest absolute Gasteiger partial charge is 0.338 e. The molecule has 0 aliphatic heterocycles. The molecule has 0 fully saturated rings. The first kappa shape index (κ1) is 16.9. The monoisotopic (exact) mass is 333 g/mol. The fraction of sp³-hybridized carbons (Fsp3) is 0.250. The van der Waals surface area contributed by atoms with Gasteiger partial charge in [0.1, 0.15) is 0 Å². The van der Waals surface area contributed by atoms with Gasteiger partial charge in [0.25, 0.3) is 0 Å². The van der Waals surface area contributed by atoms with Crippen molar-refractivity contribution in [3.05, 3.63) is 64.3 Å². The molecule has 0 amide bonds. The fourth-order valence-electron chi connectivity index (χ4n) is 2.93. The normalized spacial score (nSPS) is 10.6. The second-order valence-corrected chi connectivity index (χ2v) is 6.44. The molecule has 0 aliphatic carbocycles. The van der Waals surface area contributed by atoms with Crippen LogP contribution in [0.25, 0.3) is 0 Å². The average Bonchev–Trinajstić information content (AvgIpc) is 2.56. The minimum absolute atomic E-state index is 0.473. The minimum atomic E-state index is 0.473. The number of hydrogen-bond acceptors (Lipinski definition) is 5. The summed E-state index contributed by atoms with van der Waals surface area (Å²) in [5.74, 6) is 1.14. The summed E-state index contributed by atoms with van der Waals surface area (Å²) < 4.78 is 0. The zero-order valence-corrected chi connectivity index (χ0v) is 15.3. The van der Waals surface area contributed by atoms with E-state index >= 15 is 0 Å². The lowest BCUT2D eigenvalue weighted by Crippen LogP contribution is -2.05. The number of nitrogens with zero attached hydrogens (tertiary/aromatic N) is 3. The van der Waals surface area contributed by atoms with E-state index < -0.39 is 0 Å². The third kappa shape index (κ3) is 3.76. The molecular weight excluding hydrogens is 310 g/mol. The zero-order chi connectivity index (χ0) is 18.0. The predicted molar refractivity (Wildman–Crippen MR) is 103 cm³/mol. The molecule has 0 saturated carbocycles. The maximum Gasteiger partial charge on any atom is 0.249 e. The average molecular weight is 333 g/mol. The van der Waals surface area contributed by atoms with Crippen LogP contribution in [-0.4, -0.2) is 15.2 Å². The summed E-state index contributed by atoms with van der Waals surface area (Å²) in [5.41, 5.74) is 8.05. The molecule has 1 aromatic heterocycles. The fourth-order valence-corrected chi connectivity index (χ4v) is 2.93. The Labute approximate surface area is 148 Å². The Morgan fingerprint density at radius 1 is 0.840 bits per heavy atom. The van der Waals surface area contributed by atoms with Crippen molar-refractivity contribution in [3.63, 3.8) is 0 Å². The van der Waals surface area contributed by atoms with Crippen molar-refractivity contribution in [3.8, 4) is 0 Å². The van der Waals surface area contributed by atoms with E-state index in [1.54, 1.807) is 6.20 Å². The Hall–Kier alpha value is -2.95. The van der Waals surface area contributed by atoms with Crippen molar-refractivity contribution in [2.24, 2.45) is 0 Å². The highest BCUT2D eigenvalue weighted by atomic mass is 15.3. The highest BCUT2D eigenvalue weighted by molar-refractivity contribution is 5.66. The van der Waals surface area contributed by atoms with E-state index in [-0.39, 0.29) is 0 Å². The lowest BCUT2D eigenvalue weighted by Gasteiger charge is -2.14. The van der Waals surface area contributed by atoms with Gasteiger partial charge in [-0.2, -0.15) is 10.1 Å². The Balaban J connectivity index is 1.86. The van der Waals surface area contributed by atoms with Gasteiger partial charge in [-0.3, -0.25) is 0 Å². The van der Waals surface area contributed by atoms with Gasteiger partial charge >= 0.3 is 0 Å². The van der Waals surface area contributed by atoms with Gasteiger partial charge in [-0.15, -0.1) is 5.10 Å². The highest BCUT2D eigenvalue weighted by Crippen LogP contribution is 2.26. The number of nitrogens with one attached hydrogen (secondary N) is 2. The molecule has 1 heterocycles. The van der Waals surface area contributed by atoms with E-state index in [2.05, 4.69) is 78.6 Å². The number of rotatable bonds is 4.